The molecule has 0 atom stereocenters. The van der Waals surface area contributed by atoms with Crippen molar-refractivity contribution in [3.63, 3.8) is 0 Å². The number of hydrogen-bond acceptors (Lipinski definition) is 3. The molecule has 6 heteroatoms. The largest absolute Gasteiger partial charge is 0.351 e. The zero-order chi connectivity index (χ0) is 17.0. The molecular weight excluding hydrogens is 392 g/mol. The van der Waals surface area contributed by atoms with Gasteiger partial charge in [-0.15, -0.1) is 11.3 Å². The predicted octanol–water partition coefficient (Wildman–Crippen LogP) is 5.17. The minimum Gasteiger partial charge on any atom is -0.351 e. The Morgan fingerprint density at radius 3 is 2.70 bits per heavy atom. The molecular formula is C17H23BrN2OS2. The van der Waals surface area contributed by atoms with Crippen molar-refractivity contribution >= 4 is 44.9 Å². The Bertz CT molecular complexity index is 676. The number of thioether (sulfide) groups is 1. The lowest BCUT2D eigenvalue weighted by atomic mass is 10.2. The van der Waals surface area contributed by atoms with Crippen molar-refractivity contribution in [2.24, 2.45) is 0 Å². The smallest absolute Gasteiger partial charge is 0.253 e. The summed E-state index contributed by atoms with van der Waals surface area (Å²) in [5.74, 6) is 1.95. The van der Waals surface area contributed by atoms with Gasteiger partial charge in [-0.3, -0.25) is 4.79 Å². The summed E-state index contributed by atoms with van der Waals surface area (Å²) in [6, 6.07) is 6.58. The zero-order valence-corrected chi connectivity index (χ0v) is 17.2. The van der Waals surface area contributed by atoms with Crippen LogP contribution < -0.4 is 5.32 Å². The number of nitrogens with zero attached hydrogens (tertiary/aromatic N) is 1. The average molecular weight is 415 g/mol. The molecule has 0 unspecified atom stereocenters. The van der Waals surface area contributed by atoms with Crippen molar-refractivity contribution in [1.82, 2.24) is 9.88 Å². The molecule has 23 heavy (non-hydrogen) atoms. The topological polar surface area (TPSA) is 34.0 Å². The summed E-state index contributed by atoms with van der Waals surface area (Å²) >= 11 is 7.08. The number of rotatable bonds is 7. The quantitative estimate of drug-likeness (QED) is 0.633. The third kappa shape index (κ3) is 4.88. The van der Waals surface area contributed by atoms with Crippen LogP contribution in [0.2, 0.25) is 0 Å². The van der Waals surface area contributed by atoms with E-state index in [1.807, 2.05) is 24.8 Å². The summed E-state index contributed by atoms with van der Waals surface area (Å²) in [6.45, 7) is 9.05. The molecule has 2 aromatic rings. The van der Waals surface area contributed by atoms with E-state index in [1.54, 1.807) is 11.3 Å². The lowest BCUT2D eigenvalue weighted by Gasteiger charge is -2.13. The standard InChI is InChI=1S/C17H23BrN2OS2/c1-11(2)20-12(3)9-15(13(20)4)17(21)19-7-8-22-10-14-5-6-16(18)23-14/h5-6,9,11H,7-8,10H2,1-4H3,(H,19,21). The fourth-order valence-corrected chi connectivity index (χ4v) is 5.19. The van der Waals surface area contributed by atoms with Crippen molar-refractivity contribution in [2.45, 2.75) is 39.5 Å². The number of aryl methyl sites for hydroxylation is 1. The van der Waals surface area contributed by atoms with E-state index in [4.69, 9.17) is 0 Å². The third-order valence-electron chi connectivity index (χ3n) is 3.65. The van der Waals surface area contributed by atoms with Crippen LogP contribution >= 0.6 is 39.0 Å². The Morgan fingerprint density at radius 1 is 1.39 bits per heavy atom. The van der Waals surface area contributed by atoms with Crippen molar-refractivity contribution in [3.05, 3.63) is 43.8 Å². The van der Waals surface area contributed by atoms with E-state index in [9.17, 15) is 4.79 Å². The summed E-state index contributed by atoms with van der Waals surface area (Å²) in [5.41, 5.74) is 2.98. The minimum atomic E-state index is 0.0319. The summed E-state index contributed by atoms with van der Waals surface area (Å²) in [5, 5.41) is 3.03. The molecule has 0 aromatic carbocycles. The monoisotopic (exact) mass is 414 g/mol. The first-order chi connectivity index (χ1) is 10.9. The molecule has 0 spiro atoms. The maximum Gasteiger partial charge on any atom is 0.253 e. The van der Waals surface area contributed by atoms with Crippen molar-refractivity contribution in [2.75, 3.05) is 12.3 Å². The molecule has 0 bridgehead atoms. The van der Waals surface area contributed by atoms with Gasteiger partial charge in [-0.25, -0.2) is 0 Å². The van der Waals surface area contributed by atoms with Gasteiger partial charge >= 0.3 is 0 Å². The van der Waals surface area contributed by atoms with Crippen molar-refractivity contribution in [3.8, 4) is 0 Å². The fourth-order valence-electron chi connectivity index (χ4n) is 2.74. The first kappa shape index (κ1) is 18.6. The van der Waals surface area contributed by atoms with E-state index in [-0.39, 0.29) is 5.91 Å². The fraction of sp³-hybridized carbons (Fsp3) is 0.471. The molecule has 1 N–H and O–H groups in total. The average Bonchev–Trinajstić information content (AvgIpc) is 3.01. The Labute approximate surface area is 155 Å². The summed E-state index contributed by atoms with van der Waals surface area (Å²) in [6.07, 6.45) is 0. The number of aromatic nitrogens is 1. The highest BCUT2D eigenvalue weighted by atomic mass is 79.9. The van der Waals surface area contributed by atoms with E-state index in [2.05, 4.69) is 58.7 Å². The molecule has 3 nitrogen and oxygen atoms in total. The van der Waals surface area contributed by atoms with Gasteiger partial charge in [-0.2, -0.15) is 11.8 Å². The minimum absolute atomic E-state index is 0.0319. The molecule has 0 radical (unpaired) electrons. The van der Waals surface area contributed by atoms with E-state index in [1.165, 1.54) is 8.66 Å². The molecule has 126 valence electrons. The molecule has 2 rings (SSSR count). The highest BCUT2D eigenvalue weighted by Crippen LogP contribution is 2.25. The van der Waals surface area contributed by atoms with E-state index in [0.717, 1.165) is 28.5 Å². The van der Waals surface area contributed by atoms with Gasteiger partial charge in [0.1, 0.15) is 0 Å². The molecule has 1 amide bonds. The van der Waals surface area contributed by atoms with Crippen LogP contribution in [0.1, 0.15) is 46.5 Å². The summed E-state index contributed by atoms with van der Waals surface area (Å²) in [7, 11) is 0. The Hall–Kier alpha value is -0.720. The van der Waals surface area contributed by atoms with Crippen LogP contribution in [-0.4, -0.2) is 22.8 Å². The second kappa shape index (κ2) is 8.40. The van der Waals surface area contributed by atoms with Gasteiger partial charge in [0.2, 0.25) is 0 Å². The van der Waals surface area contributed by atoms with Crippen LogP contribution in [0, 0.1) is 13.8 Å². The first-order valence-electron chi connectivity index (χ1n) is 7.68. The number of halogens is 1. The molecule has 2 heterocycles. The number of carbonyl (C=O) groups is 1. The third-order valence-corrected chi connectivity index (χ3v) is 6.46. The van der Waals surface area contributed by atoms with Crippen molar-refractivity contribution in [1.29, 1.82) is 0 Å². The summed E-state index contributed by atoms with van der Waals surface area (Å²) < 4.78 is 3.38. The Kier molecular flexibility index (Phi) is 6.80. The highest BCUT2D eigenvalue weighted by Gasteiger charge is 2.16. The predicted molar refractivity (Wildman–Crippen MR) is 105 cm³/mol. The van der Waals surface area contributed by atoms with Crippen LogP contribution in [0.15, 0.2) is 22.0 Å². The zero-order valence-electron chi connectivity index (χ0n) is 14.0. The molecule has 0 fully saturated rings. The number of nitrogens with one attached hydrogen (secondary N) is 1. The molecule has 0 saturated heterocycles. The van der Waals surface area contributed by atoms with Gasteiger partial charge in [0.15, 0.2) is 0 Å². The molecule has 0 aliphatic heterocycles. The Balaban J connectivity index is 1.80. The van der Waals surface area contributed by atoms with Gasteiger partial charge in [0.25, 0.3) is 5.91 Å². The number of carbonyl (C=O) groups excluding carboxylic acids is 1. The lowest BCUT2D eigenvalue weighted by molar-refractivity contribution is 0.0955. The van der Waals surface area contributed by atoms with Gasteiger partial charge in [0, 0.05) is 40.4 Å². The van der Waals surface area contributed by atoms with Crippen LogP contribution in [0.3, 0.4) is 0 Å². The van der Waals surface area contributed by atoms with E-state index >= 15 is 0 Å². The lowest BCUT2D eigenvalue weighted by Crippen LogP contribution is -2.26. The maximum atomic E-state index is 12.4. The van der Waals surface area contributed by atoms with Crippen LogP contribution in [0.25, 0.3) is 0 Å². The molecule has 0 aliphatic carbocycles. The number of thiophene rings is 1. The van der Waals surface area contributed by atoms with Gasteiger partial charge in [0.05, 0.1) is 9.35 Å². The SMILES string of the molecule is Cc1cc(C(=O)NCCSCc2ccc(Br)s2)c(C)n1C(C)C. The molecule has 0 saturated carbocycles. The highest BCUT2D eigenvalue weighted by molar-refractivity contribution is 9.11. The van der Waals surface area contributed by atoms with Gasteiger partial charge in [-0.05, 0) is 61.8 Å². The van der Waals surface area contributed by atoms with Crippen LogP contribution in [0.5, 0.6) is 0 Å². The normalized spacial score (nSPS) is 11.2. The van der Waals surface area contributed by atoms with Crippen molar-refractivity contribution < 1.29 is 4.79 Å². The maximum absolute atomic E-state index is 12.4. The molecule has 2 aromatic heterocycles. The van der Waals surface area contributed by atoms with Gasteiger partial charge in [-0.1, -0.05) is 0 Å². The second-order valence-electron chi connectivity index (χ2n) is 5.76. The number of hydrogen-bond donors (Lipinski definition) is 1. The molecule has 0 aliphatic rings. The van der Waals surface area contributed by atoms with E-state index in [0.29, 0.717) is 12.6 Å². The van der Waals surface area contributed by atoms with Gasteiger partial charge < -0.3 is 9.88 Å². The van der Waals surface area contributed by atoms with Crippen LogP contribution in [-0.2, 0) is 5.75 Å². The van der Waals surface area contributed by atoms with E-state index < -0.39 is 0 Å². The first-order valence-corrected chi connectivity index (χ1v) is 10.4. The summed E-state index contributed by atoms with van der Waals surface area (Å²) in [4.78, 5) is 13.7. The number of amides is 1. The Morgan fingerprint density at radius 2 is 2.13 bits per heavy atom. The second-order valence-corrected chi connectivity index (χ2v) is 9.42. The van der Waals surface area contributed by atoms with Crippen LogP contribution in [0.4, 0.5) is 0 Å².